The summed E-state index contributed by atoms with van der Waals surface area (Å²) in [6.45, 7) is 1.10. The van der Waals surface area contributed by atoms with Gasteiger partial charge in [0, 0.05) is 30.3 Å². The standard InChI is InChI=1S/C23H28N2O6/c1-28-18-9-7-15(8-10-18)23(27)25-11-5-6-17(14-25)24-22(26)16-12-19(29-2)21(31-4)20(13-16)30-3/h7-10,12-13,17H,5-6,11,14H2,1-4H3,(H,24,26). The highest BCUT2D eigenvalue weighted by atomic mass is 16.5. The fraction of sp³-hybridized carbons (Fsp3) is 0.391. The largest absolute Gasteiger partial charge is 0.497 e. The average molecular weight is 428 g/mol. The van der Waals surface area contributed by atoms with Gasteiger partial charge < -0.3 is 29.2 Å². The van der Waals surface area contributed by atoms with Crippen molar-refractivity contribution in [2.45, 2.75) is 18.9 Å². The van der Waals surface area contributed by atoms with E-state index in [4.69, 9.17) is 18.9 Å². The number of likely N-dealkylation sites (tertiary alicyclic amines) is 1. The third-order valence-electron chi connectivity index (χ3n) is 5.31. The number of carbonyl (C=O) groups excluding carboxylic acids is 2. The van der Waals surface area contributed by atoms with E-state index in [0.717, 1.165) is 12.8 Å². The van der Waals surface area contributed by atoms with Gasteiger partial charge in [0.05, 0.1) is 28.4 Å². The van der Waals surface area contributed by atoms with Gasteiger partial charge in [0.1, 0.15) is 5.75 Å². The molecule has 166 valence electrons. The fourth-order valence-corrected chi connectivity index (χ4v) is 3.68. The van der Waals surface area contributed by atoms with Crippen LogP contribution in [0.5, 0.6) is 23.0 Å². The Morgan fingerprint density at radius 1 is 0.903 bits per heavy atom. The summed E-state index contributed by atoms with van der Waals surface area (Å²) in [4.78, 5) is 27.5. The molecule has 0 aliphatic carbocycles. The molecule has 3 rings (SSSR count). The molecule has 2 aromatic rings. The maximum Gasteiger partial charge on any atom is 0.253 e. The predicted octanol–water partition coefficient (Wildman–Crippen LogP) is 2.76. The number of methoxy groups -OCH3 is 4. The number of hydrogen-bond donors (Lipinski definition) is 1. The van der Waals surface area contributed by atoms with Crippen LogP contribution >= 0.6 is 0 Å². The Morgan fingerprint density at radius 2 is 1.55 bits per heavy atom. The molecule has 8 nitrogen and oxygen atoms in total. The van der Waals surface area contributed by atoms with E-state index in [1.54, 1.807) is 48.4 Å². The van der Waals surface area contributed by atoms with E-state index >= 15 is 0 Å². The molecule has 0 saturated carbocycles. The molecule has 0 spiro atoms. The number of nitrogens with zero attached hydrogens (tertiary/aromatic N) is 1. The number of nitrogens with one attached hydrogen (secondary N) is 1. The minimum atomic E-state index is -0.261. The van der Waals surface area contributed by atoms with Gasteiger partial charge in [-0.25, -0.2) is 0 Å². The van der Waals surface area contributed by atoms with Crippen molar-refractivity contribution in [3.63, 3.8) is 0 Å². The van der Waals surface area contributed by atoms with Crippen molar-refractivity contribution in [1.82, 2.24) is 10.2 Å². The molecule has 1 N–H and O–H groups in total. The number of rotatable bonds is 7. The average Bonchev–Trinajstić information content (AvgIpc) is 2.82. The van der Waals surface area contributed by atoms with Crippen LogP contribution in [0.1, 0.15) is 33.6 Å². The molecule has 1 heterocycles. The zero-order chi connectivity index (χ0) is 22.4. The summed E-state index contributed by atoms with van der Waals surface area (Å²) in [5.41, 5.74) is 0.991. The van der Waals surface area contributed by atoms with Crippen molar-refractivity contribution in [1.29, 1.82) is 0 Å². The summed E-state index contributed by atoms with van der Waals surface area (Å²) in [5, 5.41) is 3.03. The lowest BCUT2D eigenvalue weighted by Gasteiger charge is -2.33. The first-order chi connectivity index (χ1) is 15.0. The number of carbonyl (C=O) groups is 2. The van der Waals surface area contributed by atoms with Crippen LogP contribution in [0.2, 0.25) is 0 Å². The highest BCUT2D eigenvalue weighted by Crippen LogP contribution is 2.38. The van der Waals surface area contributed by atoms with Crippen LogP contribution in [-0.2, 0) is 0 Å². The molecule has 1 aliphatic heterocycles. The third-order valence-corrected chi connectivity index (χ3v) is 5.31. The summed E-state index contributed by atoms with van der Waals surface area (Å²) in [6, 6.07) is 10.1. The van der Waals surface area contributed by atoms with Crippen molar-refractivity contribution in [3.05, 3.63) is 47.5 Å². The fourth-order valence-electron chi connectivity index (χ4n) is 3.68. The molecule has 2 aromatic carbocycles. The quantitative estimate of drug-likeness (QED) is 0.730. The van der Waals surface area contributed by atoms with Gasteiger partial charge in [0.15, 0.2) is 11.5 Å². The van der Waals surface area contributed by atoms with E-state index in [2.05, 4.69) is 5.32 Å². The maximum absolute atomic E-state index is 12.9. The van der Waals surface area contributed by atoms with Crippen LogP contribution < -0.4 is 24.3 Å². The van der Waals surface area contributed by atoms with Crippen molar-refractivity contribution in [3.8, 4) is 23.0 Å². The van der Waals surface area contributed by atoms with Crippen LogP contribution in [-0.4, -0.2) is 64.3 Å². The second-order valence-electron chi connectivity index (χ2n) is 7.21. The summed E-state index contributed by atoms with van der Waals surface area (Å²) in [5.74, 6) is 1.62. The minimum Gasteiger partial charge on any atom is -0.497 e. The van der Waals surface area contributed by atoms with Crippen LogP contribution in [0.3, 0.4) is 0 Å². The molecular formula is C23H28N2O6. The lowest BCUT2D eigenvalue weighted by Crippen LogP contribution is -2.49. The summed E-state index contributed by atoms with van der Waals surface area (Å²) < 4.78 is 21.1. The van der Waals surface area contributed by atoms with E-state index in [1.807, 2.05) is 0 Å². The lowest BCUT2D eigenvalue weighted by molar-refractivity contribution is 0.0676. The van der Waals surface area contributed by atoms with Crippen LogP contribution in [0.4, 0.5) is 0 Å². The van der Waals surface area contributed by atoms with E-state index in [-0.39, 0.29) is 17.9 Å². The van der Waals surface area contributed by atoms with Gasteiger partial charge in [-0.3, -0.25) is 9.59 Å². The molecule has 1 fully saturated rings. The molecule has 1 unspecified atom stereocenters. The van der Waals surface area contributed by atoms with E-state index < -0.39 is 0 Å². The summed E-state index contributed by atoms with van der Waals surface area (Å²) in [7, 11) is 6.10. The van der Waals surface area contributed by atoms with Gasteiger partial charge in [-0.05, 0) is 49.2 Å². The zero-order valence-electron chi connectivity index (χ0n) is 18.3. The Bertz CT molecular complexity index is 903. The van der Waals surface area contributed by atoms with Gasteiger partial charge in [0.25, 0.3) is 11.8 Å². The zero-order valence-corrected chi connectivity index (χ0v) is 18.3. The van der Waals surface area contributed by atoms with Gasteiger partial charge in [0.2, 0.25) is 5.75 Å². The summed E-state index contributed by atoms with van der Waals surface area (Å²) in [6.07, 6.45) is 1.60. The first-order valence-electron chi connectivity index (χ1n) is 10.0. The molecule has 31 heavy (non-hydrogen) atoms. The van der Waals surface area contributed by atoms with Crippen LogP contribution in [0, 0.1) is 0 Å². The molecule has 0 radical (unpaired) electrons. The van der Waals surface area contributed by atoms with Gasteiger partial charge in [-0.15, -0.1) is 0 Å². The molecule has 0 aromatic heterocycles. The number of piperidine rings is 1. The number of amides is 2. The van der Waals surface area contributed by atoms with Crippen LogP contribution in [0.15, 0.2) is 36.4 Å². The smallest absolute Gasteiger partial charge is 0.253 e. The predicted molar refractivity (Wildman–Crippen MR) is 115 cm³/mol. The SMILES string of the molecule is COc1ccc(C(=O)N2CCCC(NC(=O)c3cc(OC)c(OC)c(OC)c3)C2)cc1. The molecule has 2 amide bonds. The molecule has 8 heteroatoms. The Hall–Kier alpha value is -3.42. The summed E-state index contributed by atoms with van der Waals surface area (Å²) >= 11 is 0. The van der Waals surface area contributed by atoms with Gasteiger partial charge in [-0.2, -0.15) is 0 Å². The second-order valence-corrected chi connectivity index (χ2v) is 7.21. The molecular weight excluding hydrogens is 400 g/mol. The van der Waals surface area contributed by atoms with Crippen molar-refractivity contribution in [2.24, 2.45) is 0 Å². The number of hydrogen-bond acceptors (Lipinski definition) is 6. The van der Waals surface area contributed by atoms with E-state index in [1.165, 1.54) is 21.3 Å². The van der Waals surface area contributed by atoms with E-state index in [9.17, 15) is 9.59 Å². The van der Waals surface area contributed by atoms with Crippen LogP contribution in [0.25, 0.3) is 0 Å². The van der Waals surface area contributed by atoms with Crippen molar-refractivity contribution >= 4 is 11.8 Å². The molecule has 1 saturated heterocycles. The monoisotopic (exact) mass is 428 g/mol. The molecule has 1 atom stereocenters. The number of benzene rings is 2. The Kier molecular flexibility index (Phi) is 7.23. The van der Waals surface area contributed by atoms with Gasteiger partial charge >= 0.3 is 0 Å². The highest BCUT2D eigenvalue weighted by molar-refractivity contribution is 5.96. The minimum absolute atomic E-state index is 0.0608. The molecule has 1 aliphatic rings. The Balaban J connectivity index is 1.69. The lowest BCUT2D eigenvalue weighted by atomic mass is 10.0. The third kappa shape index (κ3) is 5.02. The second kappa shape index (κ2) is 10.1. The topological polar surface area (TPSA) is 86.3 Å². The first-order valence-corrected chi connectivity index (χ1v) is 10.0. The maximum atomic E-state index is 12.9. The van der Waals surface area contributed by atoms with E-state index in [0.29, 0.717) is 47.2 Å². The van der Waals surface area contributed by atoms with Crippen molar-refractivity contribution < 1.29 is 28.5 Å². The first kappa shape index (κ1) is 22.3. The Morgan fingerprint density at radius 3 is 2.10 bits per heavy atom. The molecule has 0 bridgehead atoms. The number of ether oxygens (including phenoxy) is 4. The Labute approximate surface area is 182 Å². The highest BCUT2D eigenvalue weighted by Gasteiger charge is 2.26. The normalized spacial score (nSPS) is 15.7. The van der Waals surface area contributed by atoms with Crippen molar-refractivity contribution in [2.75, 3.05) is 41.5 Å². The van der Waals surface area contributed by atoms with Gasteiger partial charge in [-0.1, -0.05) is 0 Å².